The minimum absolute atomic E-state index is 0.111. The standard InChI is InChI=1S/C22H14ClF6NO/c23-16-9-5-14(6-10-16)19(31)12-17(13-3-7-15(8-4-13)21(24,25)26)20-18(22(27,28)29)2-1-11-30-20/h1-11,17H,12H2/t17-/m0/s1. The van der Waals surface area contributed by atoms with Gasteiger partial charge in [0, 0.05) is 29.1 Å². The summed E-state index contributed by atoms with van der Waals surface area (Å²) < 4.78 is 79.4. The van der Waals surface area contributed by atoms with E-state index < -0.39 is 47.3 Å². The number of ketones is 1. The number of halogens is 7. The zero-order chi connectivity index (χ0) is 22.8. The van der Waals surface area contributed by atoms with Crippen molar-refractivity contribution in [3.63, 3.8) is 0 Å². The van der Waals surface area contributed by atoms with Crippen molar-refractivity contribution in [3.05, 3.63) is 99.8 Å². The Hall–Kier alpha value is -2.87. The van der Waals surface area contributed by atoms with Crippen molar-refractivity contribution >= 4 is 17.4 Å². The summed E-state index contributed by atoms with van der Waals surface area (Å²) >= 11 is 5.80. The Kier molecular flexibility index (Phi) is 6.40. The molecule has 2 nitrogen and oxygen atoms in total. The van der Waals surface area contributed by atoms with Gasteiger partial charge in [0.15, 0.2) is 5.78 Å². The van der Waals surface area contributed by atoms with Gasteiger partial charge in [-0.15, -0.1) is 0 Å². The van der Waals surface area contributed by atoms with Gasteiger partial charge in [-0.2, -0.15) is 26.3 Å². The fourth-order valence-electron chi connectivity index (χ4n) is 3.15. The summed E-state index contributed by atoms with van der Waals surface area (Å²) in [6.45, 7) is 0. The van der Waals surface area contributed by atoms with Crippen LogP contribution in [0.25, 0.3) is 0 Å². The molecule has 0 aliphatic heterocycles. The number of hydrogen-bond donors (Lipinski definition) is 0. The average molecular weight is 458 g/mol. The van der Waals surface area contributed by atoms with Crippen molar-refractivity contribution < 1.29 is 31.1 Å². The Morgan fingerprint density at radius 2 is 1.48 bits per heavy atom. The molecule has 3 rings (SSSR count). The Morgan fingerprint density at radius 1 is 0.871 bits per heavy atom. The minimum atomic E-state index is -4.75. The molecule has 9 heteroatoms. The van der Waals surface area contributed by atoms with E-state index in [4.69, 9.17) is 11.6 Å². The van der Waals surface area contributed by atoms with Crippen molar-refractivity contribution in [2.24, 2.45) is 0 Å². The summed E-state index contributed by atoms with van der Waals surface area (Å²) in [5.74, 6) is -1.70. The first kappa shape index (κ1) is 22.8. The van der Waals surface area contributed by atoms with E-state index in [0.29, 0.717) is 5.02 Å². The molecule has 0 saturated carbocycles. The molecule has 2 aromatic carbocycles. The maximum atomic E-state index is 13.6. The lowest BCUT2D eigenvalue weighted by Gasteiger charge is -2.21. The van der Waals surface area contributed by atoms with Crippen LogP contribution in [0.3, 0.4) is 0 Å². The maximum Gasteiger partial charge on any atom is 0.418 e. The van der Waals surface area contributed by atoms with Gasteiger partial charge in [0.1, 0.15) is 0 Å². The van der Waals surface area contributed by atoms with E-state index in [-0.39, 0.29) is 11.1 Å². The van der Waals surface area contributed by atoms with Crippen LogP contribution in [-0.2, 0) is 12.4 Å². The molecule has 0 N–H and O–H groups in total. The van der Waals surface area contributed by atoms with Crippen molar-refractivity contribution in [3.8, 4) is 0 Å². The third-order valence-corrected chi connectivity index (χ3v) is 4.92. The van der Waals surface area contributed by atoms with Crippen LogP contribution >= 0.6 is 11.6 Å². The average Bonchev–Trinajstić information content (AvgIpc) is 2.71. The highest BCUT2D eigenvalue weighted by atomic mass is 35.5. The van der Waals surface area contributed by atoms with Crippen LogP contribution in [0.2, 0.25) is 5.02 Å². The smallest absolute Gasteiger partial charge is 0.294 e. The third kappa shape index (κ3) is 5.44. The van der Waals surface area contributed by atoms with Gasteiger partial charge in [0.25, 0.3) is 0 Å². The molecule has 1 heterocycles. The van der Waals surface area contributed by atoms with Gasteiger partial charge in [-0.05, 0) is 54.1 Å². The van der Waals surface area contributed by atoms with Gasteiger partial charge in [0.2, 0.25) is 0 Å². The number of nitrogens with zero attached hydrogens (tertiary/aromatic N) is 1. The van der Waals surface area contributed by atoms with Crippen LogP contribution in [0.4, 0.5) is 26.3 Å². The lowest BCUT2D eigenvalue weighted by atomic mass is 9.86. The fourth-order valence-corrected chi connectivity index (χ4v) is 3.28. The fraction of sp³-hybridized carbons (Fsp3) is 0.182. The SMILES string of the molecule is O=C(C[C@@H](c1ccc(C(F)(F)F)cc1)c1ncccc1C(F)(F)F)c1ccc(Cl)cc1. The quantitative estimate of drug-likeness (QED) is 0.300. The van der Waals surface area contributed by atoms with Crippen molar-refractivity contribution in [1.82, 2.24) is 4.98 Å². The molecule has 0 saturated heterocycles. The number of hydrogen-bond acceptors (Lipinski definition) is 2. The largest absolute Gasteiger partial charge is 0.418 e. The number of carbonyl (C=O) groups excluding carboxylic acids is 1. The second-order valence-corrected chi connectivity index (χ2v) is 7.18. The number of aromatic nitrogens is 1. The number of alkyl halides is 6. The zero-order valence-electron chi connectivity index (χ0n) is 15.6. The Morgan fingerprint density at radius 3 is 2.03 bits per heavy atom. The minimum Gasteiger partial charge on any atom is -0.294 e. The van der Waals surface area contributed by atoms with Crippen molar-refractivity contribution in [2.75, 3.05) is 0 Å². The Balaban J connectivity index is 2.07. The first-order valence-corrected chi connectivity index (χ1v) is 9.32. The monoisotopic (exact) mass is 457 g/mol. The predicted octanol–water partition coefficient (Wildman–Crippen LogP) is 7.18. The number of pyridine rings is 1. The first-order chi connectivity index (χ1) is 14.5. The van der Waals surface area contributed by atoms with Gasteiger partial charge in [-0.3, -0.25) is 9.78 Å². The number of Topliss-reactive ketones (excluding diaryl/α,β-unsaturated/α-hetero) is 1. The number of rotatable bonds is 5. The highest BCUT2D eigenvalue weighted by molar-refractivity contribution is 6.30. The molecule has 0 spiro atoms. The molecule has 3 aromatic rings. The van der Waals surface area contributed by atoms with Crippen LogP contribution in [-0.4, -0.2) is 10.8 Å². The molecule has 0 aliphatic rings. The van der Waals surface area contributed by atoms with E-state index in [1.807, 2.05) is 0 Å². The lowest BCUT2D eigenvalue weighted by molar-refractivity contribution is -0.139. The predicted molar refractivity (Wildman–Crippen MR) is 103 cm³/mol. The summed E-state index contributed by atoms with van der Waals surface area (Å²) in [6.07, 6.45) is -8.63. The van der Waals surface area contributed by atoms with Crippen LogP contribution in [0.15, 0.2) is 66.9 Å². The van der Waals surface area contributed by atoms with Gasteiger partial charge in [-0.1, -0.05) is 23.7 Å². The molecule has 162 valence electrons. The molecular formula is C22H14ClF6NO. The first-order valence-electron chi connectivity index (χ1n) is 8.95. The molecule has 0 fully saturated rings. The summed E-state index contributed by atoms with van der Waals surface area (Å²) in [5, 5.41) is 0.375. The molecule has 0 aliphatic carbocycles. The summed E-state index contributed by atoms with van der Waals surface area (Å²) in [4.78, 5) is 16.6. The van der Waals surface area contributed by atoms with E-state index >= 15 is 0 Å². The zero-order valence-corrected chi connectivity index (χ0v) is 16.4. The van der Waals surface area contributed by atoms with Crippen molar-refractivity contribution in [2.45, 2.75) is 24.7 Å². The second-order valence-electron chi connectivity index (χ2n) is 6.74. The highest BCUT2D eigenvalue weighted by Gasteiger charge is 2.37. The molecule has 0 bridgehead atoms. The van der Waals surface area contributed by atoms with E-state index in [1.165, 1.54) is 24.3 Å². The van der Waals surface area contributed by atoms with Gasteiger partial charge in [0.05, 0.1) is 16.8 Å². The molecular weight excluding hydrogens is 444 g/mol. The Bertz CT molecular complexity index is 1060. The third-order valence-electron chi connectivity index (χ3n) is 4.67. The normalized spacial score (nSPS) is 13.1. The van der Waals surface area contributed by atoms with Crippen LogP contribution < -0.4 is 0 Å². The lowest BCUT2D eigenvalue weighted by Crippen LogP contribution is -2.17. The van der Waals surface area contributed by atoms with E-state index in [1.54, 1.807) is 0 Å². The molecule has 31 heavy (non-hydrogen) atoms. The highest BCUT2D eigenvalue weighted by Crippen LogP contribution is 2.39. The topological polar surface area (TPSA) is 30.0 Å². The molecule has 1 atom stereocenters. The van der Waals surface area contributed by atoms with E-state index in [9.17, 15) is 31.1 Å². The second kappa shape index (κ2) is 8.70. The van der Waals surface area contributed by atoms with Gasteiger partial charge < -0.3 is 0 Å². The van der Waals surface area contributed by atoms with Crippen molar-refractivity contribution in [1.29, 1.82) is 0 Å². The molecule has 1 aromatic heterocycles. The summed E-state index contributed by atoms with van der Waals surface area (Å²) in [5.41, 5.74) is -2.11. The van der Waals surface area contributed by atoms with Crippen LogP contribution in [0, 0.1) is 0 Å². The van der Waals surface area contributed by atoms with E-state index in [2.05, 4.69) is 4.98 Å². The molecule has 0 radical (unpaired) electrons. The molecule has 0 amide bonds. The van der Waals surface area contributed by atoms with Crippen LogP contribution in [0.1, 0.15) is 45.1 Å². The summed E-state index contributed by atoms with van der Waals surface area (Å²) in [6, 6.07) is 11.4. The molecule has 0 unspecified atom stereocenters. The van der Waals surface area contributed by atoms with Gasteiger partial charge >= 0.3 is 12.4 Å². The number of carbonyl (C=O) groups is 1. The number of benzene rings is 2. The van der Waals surface area contributed by atoms with Gasteiger partial charge in [-0.25, -0.2) is 0 Å². The van der Waals surface area contributed by atoms with E-state index in [0.717, 1.165) is 42.6 Å². The summed E-state index contributed by atoms with van der Waals surface area (Å²) in [7, 11) is 0. The Labute approximate surface area is 178 Å². The van der Waals surface area contributed by atoms with Crippen LogP contribution in [0.5, 0.6) is 0 Å². The maximum absolute atomic E-state index is 13.6.